The molecule has 0 bridgehead atoms. The molecule has 0 heterocycles. The molecule has 1 aliphatic rings. The van der Waals surface area contributed by atoms with Crippen molar-refractivity contribution in [1.82, 2.24) is 31.5 Å². The molecule has 0 radical (unpaired) electrons. The maximum Gasteiger partial charge on any atom is 0.243 e. The van der Waals surface area contributed by atoms with Gasteiger partial charge in [-0.2, -0.15) is 0 Å². The molecule has 2 aromatic rings. The smallest absolute Gasteiger partial charge is 0.243 e. The maximum atomic E-state index is 14.1. The van der Waals surface area contributed by atoms with Crippen molar-refractivity contribution in [1.29, 1.82) is 0 Å². The molecule has 8 N–H and O–H groups in total. The number of carbonyl (C=O) groups excluding carboxylic acids is 6. The Labute approximate surface area is 337 Å². The number of hydrogen-bond acceptors (Lipinski definition) is 8. The summed E-state index contributed by atoms with van der Waals surface area (Å²) in [6, 6.07) is 13.0. The molecule has 0 aliphatic heterocycles. The second-order valence-electron chi connectivity index (χ2n) is 15.5. The molecule has 314 valence electrons. The van der Waals surface area contributed by atoms with Crippen molar-refractivity contribution >= 4 is 35.4 Å². The third-order valence-corrected chi connectivity index (χ3v) is 10.6. The van der Waals surface area contributed by atoms with Crippen LogP contribution in [0.4, 0.5) is 0 Å². The van der Waals surface area contributed by atoms with Crippen molar-refractivity contribution in [3.63, 3.8) is 0 Å². The number of nitrogens with two attached hydrogens (primary N) is 1. The Morgan fingerprint density at radius 1 is 0.684 bits per heavy atom. The number of unbranched alkanes of at least 4 members (excludes halogenated alkanes) is 1. The van der Waals surface area contributed by atoms with E-state index >= 15 is 0 Å². The highest BCUT2D eigenvalue weighted by Gasteiger charge is 2.33. The lowest BCUT2D eigenvalue weighted by molar-refractivity contribution is -0.135. The molecule has 57 heavy (non-hydrogen) atoms. The number of carbonyl (C=O) groups is 6. The molecule has 6 amide bonds. The zero-order valence-electron chi connectivity index (χ0n) is 34.3. The van der Waals surface area contributed by atoms with Gasteiger partial charge in [0, 0.05) is 24.8 Å². The molecule has 14 heteroatoms. The van der Waals surface area contributed by atoms with Gasteiger partial charge in [-0.15, -0.1) is 0 Å². The summed E-state index contributed by atoms with van der Waals surface area (Å²) in [6.45, 7) is 10.7. The fourth-order valence-corrected chi connectivity index (χ4v) is 7.12. The number of amides is 6. The first-order chi connectivity index (χ1) is 27.2. The van der Waals surface area contributed by atoms with Gasteiger partial charge in [-0.1, -0.05) is 86.8 Å². The van der Waals surface area contributed by atoms with Crippen LogP contribution in [0.3, 0.4) is 0 Å². The number of primary amides is 1. The minimum absolute atomic E-state index is 0.0684. The minimum Gasteiger partial charge on any atom is -0.391 e. The topological polar surface area (TPSA) is 212 Å². The summed E-state index contributed by atoms with van der Waals surface area (Å²) in [4.78, 5) is 82.7. The standard InChI is InChI=1S/C43H65N7O7/c1-6-50(28(2)3)25-17-16-24-34(41(55)49-37(30(5)51)38(44)52)46-43(57)36(27-32-20-12-8-13-21-32)47-39(53)29(4)45-42(56)35(26-31-18-10-7-11-19-31)48-40(54)33-22-14-9-15-23-33/h7-8,10-13,18-21,28-30,33-37,51H,6,9,14-17,22-27H2,1-5H3,(H2,44,52)(H,45,56)(H,46,57)(H,47,53)(H,48,54)(H,49,55)/t29-,30+,34-,35-,36-,37?/m0/s1. The van der Waals surface area contributed by atoms with Crippen LogP contribution in [0.15, 0.2) is 60.7 Å². The second kappa shape index (κ2) is 24.1. The van der Waals surface area contributed by atoms with Crippen LogP contribution >= 0.6 is 0 Å². The summed E-state index contributed by atoms with van der Waals surface area (Å²) < 4.78 is 0. The third kappa shape index (κ3) is 15.9. The van der Waals surface area contributed by atoms with Gasteiger partial charge in [-0.05, 0) is 84.0 Å². The first-order valence-electron chi connectivity index (χ1n) is 20.5. The molecule has 14 nitrogen and oxygen atoms in total. The Morgan fingerprint density at radius 2 is 1.19 bits per heavy atom. The number of aliphatic hydroxyl groups excluding tert-OH is 1. The minimum atomic E-state index is -1.38. The van der Waals surface area contributed by atoms with E-state index in [-0.39, 0.29) is 31.1 Å². The van der Waals surface area contributed by atoms with Crippen molar-refractivity contribution in [2.75, 3.05) is 13.1 Å². The van der Waals surface area contributed by atoms with E-state index in [1.807, 2.05) is 36.4 Å². The van der Waals surface area contributed by atoms with E-state index in [1.165, 1.54) is 13.8 Å². The third-order valence-electron chi connectivity index (χ3n) is 10.6. The highest BCUT2D eigenvalue weighted by Crippen LogP contribution is 2.24. The Bertz CT molecular complexity index is 1580. The SMILES string of the molecule is CCN(CCCC[C@H](NC(=O)[C@H](Cc1ccccc1)NC(=O)[C@H](C)NC(=O)[C@H](Cc1ccccc1)NC(=O)C1CCCCC1)C(=O)NC(C(N)=O)[C@@H](C)O)C(C)C. The summed E-state index contributed by atoms with van der Waals surface area (Å²) in [5.74, 6) is -3.81. The largest absolute Gasteiger partial charge is 0.391 e. The molecular formula is C43H65N7O7. The number of aliphatic hydroxyl groups is 1. The van der Waals surface area contributed by atoms with E-state index in [4.69, 9.17) is 5.73 Å². The molecule has 0 spiro atoms. The molecule has 1 aliphatic carbocycles. The van der Waals surface area contributed by atoms with E-state index in [9.17, 15) is 33.9 Å². The van der Waals surface area contributed by atoms with Gasteiger partial charge in [0.2, 0.25) is 35.4 Å². The summed E-state index contributed by atoms with van der Waals surface area (Å²) >= 11 is 0. The fraction of sp³-hybridized carbons (Fsp3) is 0.581. The maximum absolute atomic E-state index is 14.1. The lowest BCUT2D eigenvalue weighted by Crippen LogP contribution is -2.60. The number of rotatable bonds is 23. The number of hydrogen-bond donors (Lipinski definition) is 7. The predicted molar refractivity (Wildman–Crippen MR) is 219 cm³/mol. The Kier molecular flexibility index (Phi) is 19.7. The molecule has 0 aromatic heterocycles. The van der Waals surface area contributed by atoms with Gasteiger partial charge < -0.3 is 42.3 Å². The van der Waals surface area contributed by atoms with Crippen LogP contribution < -0.4 is 32.3 Å². The van der Waals surface area contributed by atoms with Crippen LogP contribution in [0.5, 0.6) is 0 Å². The van der Waals surface area contributed by atoms with Gasteiger partial charge in [0.25, 0.3) is 0 Å². The van der Waals surface area contributed by atoms with E-state index in [0.717, 1.165) is 62.7 Å². The molecule has 6 atom stereocenters. The lowest BCUT2D eigenvalue weighted by Gasteiger charge is -2.28. The molecule has 0 saturated heterocycles. The fourth-order valence-electron chi connectivity index (χ4n) is 7.12. The van der Waals surface area contributed by atoms with Crippen LogP contribution in [0.25, 0.3) is 0 Å². The van der Waals surface area contributed by atoms with Crippen LogP contribution in [0.1, 0.15) is 97.1 Å². The Balaban J connectivity index is 1.79. The molecule has 3 rings (SSSR count). The molecule has 2 aromatic carbocycles. The zero-order chi connectivity index (χ0) is 41.9. The zero-order valence-corrected chi connectivity index (χ0v) is 34.3. The Hall–Kier alpha value is -4.82. The van der Waals surface area contributed by atoms with Crippen molar-refractivity contribution in [3.05, 3.63) is 71.8 Å². The van der Waals surface area contributed by atoms with E-state index in [1.54, 1.807) is 24.3 Å². The van der Waals surface area contributed by atoms with E-state index in [0.29, 0.717) is 12.5 Å². The van der Waals surface area contributed by atoms with Crippen LogP contribution in [-0.4, -0.2) is 101 Å². The summed E-state index contributed by atoms with van der Waals surface area (Å²) in [5, 5.41) is 23.8. The van der Waals surface area contributed by atoms with Gasteiger partial charge in [-0.25, -0.2) is 0 Å². The number of nitrogens with one attached hydrogen (secondary N) is 5. The average molecular weight is 792 g/mol. The highest BCUT2D eigenvalue weighted by atomic mass is 16.3. The van der Waals surface area contributed by atoms with Crippen molar-refractivity contribution in [3.8, 4) is 0 Å². The quantitative estimate of drug-likeness (QED) is 0.0828. The first-order valence-corrected chi connectivity index (χ1v) is 20.5. The first kappa shape index (κ1) is 46.6. The number of nitrogens with zero attached hydrogens (tertiary/aromatic N) is 1. The molecular weight excluding hydrogens is 727 g/mol. The molecule has 1 fully saturated rings. The van der Waals surface area contributed by atoms with Gasteiger partial charge in [0.1, 0.15) is 30.2 Å². The van der Waals surface area contributed by atoms with Crippen molar-refractivity contribution in [2.24, 2.45) is 11.7 Å². The Morgan fingerprint density at radius 3 is 1.70 bits per heavy atom. The summed E-state index contributed by atoms with van der Waals surface area (Å²) in [5.41, 5.74) is 7.03. The highest BCUT2D eigenvalue weighted by molar-refractivity contribution is 5.96. The normalized spacial score (nSPS) is 16.4. The number of benzene rings is 2. The summed E-state index contributed by atoms with van der Waals surface area (Å²) in [6.07, 6.45) is 5.04. The molecule has 1 unspecified atom stereocenters. The van der Waals surface area contributed by atoms with Gasteiger partial charge >= 0.3 is 0 Å². The van der Waals surface area contributed by atoms with Crippen LogP contribution in [-0.2, 0) is 41.6 Å². The van der Waals surface area contributed by atoms with Crippen molar-refractivity contribution in [2.45, 2.75) is 141 Å². The van der Waals surface area contributed by atoms with Gasteiger partial charge in [0.05, 0.1) is 6.10 Å². The van der Waals surface area contributed by atoms with Crippen molar-refractivity contribution < 1.29 is 33.9 Å². The van der Waals surface area contributed by atoms with Crippen LogP contribution in [0.2, 0.25) is 0 Å². The van der Waals surface area contributed by atoms with Gasteiger partial charge in [-0.3, -0.25) is 28.8 Å². The lowest BCUT2D eigenvalue weighted by atomic mass is 9.88. The summed E-state index contributed by atoms with van der Waals surface area (Å²) in [7, 11) is 0. The molecule has 1 saturated carbocycles. The second-order valence-corrected chi connectivity index (χ2v) is 15.5. The van der Waals surface area contributed by atoms with Gasteiger partial charge in [0.15, 0.2) is 0 Å². The van der Waals surface area contributed by atoms with E-state index < -0.39 is 65.8 Å². The van der Waals surface area contributed by atoms with E-state index in [2.05, 4.69) is 52.3 Å². The average Bonchev–Trinajstić information content (AvgIpc) is 3.19. The predicted octanol–water partition coefficient (Wildman–Crippen LogP) is 2.26. The van der Waals surface area contributed by atoms with Crippen LogP contribution in [0, 0.1) is 5.92 Å². The monoisotopic (exact) mass is 791 g/mol.